The number of nitrogens with one attached hydrogen (secondary N) is 1. The van der Waals surface area contributed by atoms with Gasteiger partial charge in [-0.1, -0.05) is 19.1 Å². The zero-order valence-electron chi connectivity index (χ0n) is 13.4. The van der Waals surface area contributed by atoms with Crippen molar-refractivity contribution in [3.63, 3.8) is 0 Å². The Kier molecular flexibility index (Phi) is 4.22. The lowest BCUT2D eigenvalue weighted by Gasteiger charge is -2.48. The van der Waals surface area contributed by atoms with Gasteiger partial charge in [-0.25, -0.2) is 4.39 Å². The first-order valence-corrected chi connectivity index (χ1v) is 7.73. The van der Waals surface area contributed by atoms with Crippen LogP contribution in [0, 0.1) is 11.2 Å². The molecule has 0 radical (unpaired) electrons. The number of carbonyl (C=O) groups excluding carboxylic acids is 1. The molecule has 5 heteroatoms. The second-order valence-electron chi connectivity index (χ2n) is 6.50. The quantitative estimate of drug-likeness (QED) is 0.920. The number of hydrogen-bond donors (Lipinski definition) is 1. The number of nitrogens with zero attached hydrogens (tertiary/aromatic N) is 1. The molecular formula is C18H21FN2O2. The van der Waals surface area contributed by atoms with Crippen molar-refractivity contribution in [1.29, 1.82) is 0 Å². The summed E-state index contributed by atoms with van der Waals surface area (Å²) in [6, 6.07) is 6.19. The second kappa shape index (κ2) is 6.16. The van der Waals surface area contributed by atoms with E-state index in [-0.39, 0.29) is 17.1 Å². The fourth-order valence-electron chi connectivity index (χ4n) is 3.10. The minimum absolute atomic E-state index is 0.0143. The average molecular weight is 316 g/mol. The summed E-state index contributed by atoms with van der Waals surface area (Å²) in [5, 5.41) is 0. The standard InChI is InChI=1S/C18H21FN2O2/c1-18(7-8-23-2)11-21(12-18)17(22)16-10-20-9-15(16)13-3-5-14(19)6-4-13/h3-6,9-10,20H,7-8,11-12H2,1-2H3. The van der Waals surface area contributed by atoms with Gasteiger partial charge in [0.05, 0.1) is 5.56 Å². The van der Waals surface area contributed by atoms with Gasteiger partial charge in [0.1, 0.15) is 5.82 Å². The number of carbonyl (C=O) groups is 1. The fourth-order valence-corrected chi connectivity index (χ4v) is 3.10. The highest BCUT2D eigenvalue weighted by molar-refractivity contribution is 6.01. The number of halogens is 1. The smallest absolute Gasteiger partial charge is 0.256 e. The highest BCUT2D eigenvalue weighted by Gasteiger charge is 2.41. The molecule has 0 saturated carbocycles. The molecule has 4 nitrogen and oxygen atoms in total. The molecule has 122 valence electrons. The third-order valence-electron chi connectivity index (χ3n) is 4.47. The van der Waals surface area contributed by atoms with Gasteiger partial charge in [-0.2, -0.15) is 0 Å². The summed E-state index contributed by atoms with van der Waals surface area (Å²) >= 11 is 0. The Labute approximate surface area is 135 Å². The van der Waals surface area contributed by atoms with Crippen LogP contribution in [-0.2, 0) is 4.74 Å². The Morgan fingerprint density at radius 1 is 1.30 bits per heavy atom. The largest absolute Gasteiger partial charge is 0.385 e. The molecule has 1 aromatic heterocycles. The van der Waals surface area contributed by atoms with Gasteiger partial charge < -0.3 is 14.6 Å². The van der Waals surface area contributed by atoms with Crippen molar-refractivity contribution >= 4 is 5.91 Å². The molecule has 1 amide bonds. The van der Waals surface area contributed by atoms with Crippen LogP contribution in [0.5, 0.6) is 0 Å². The molecule has 1 saturated heterocycles. The number of benzene rings is 1. The maximum atomic E-state index is 13.1. The minimum atomic E-state index is -0.284. The van der Waals surface area contributed by atoms with E-state index in [1.807, 2.05) is 4.90 Å². The molecule has 1 aromatic carbocycles. The Morgan fingerprint density at radius 3 is 2.65 bits per heavy atom. The van der Waals surface area contributed by atoms with Crippen molar-refractivity contribution in [2.75, 3.05) is 26.8 Å². The molecule has 0 bridgehead atoms. The van der Waals surface area contributed by atoms with Crippen LogP contribution in [0.3, 0.4) is 0 Å². The zero-order chi connectivity index (χ0) is 16.4. The molecule has 1 aliphatic heterocycles. The molecule has 2 heterocycles. The lowest BCUT2D eigenvalue weighted by Crippen LogP contribution is -2.57. The van der Waals surface area contributed by atoms with E-state index in [0.717, 1.165) is 30.6 Å². The SMILES string of the molecule is COCCC1(C)CN(C(=O)c2c[nH]cc2-c2ccc(F)cc2)C1. The van der Waals surface area contributed by atoms with Crippen molar-refractivity contribution in [2.24, 2.45) is 5.41 Å². The van der Waals surface area contributed by atoms with Crippen LogP contribution in [0.2, 0.25) is 0 Å². The van der Waals surface area contributed by atoms with E-state index in [0.29, 0.717) is 12.2 Å². The number of aromatic nitrogens is 1. The third-order valence-corrected chi connectivity index (χ3v) is 4.47. The van der Waals surface area contributed by atoms with E-state index in [1.165, 1.54) is 12.1 Å². The molecule has 0 spiro atoms. The highest BCUT2D eigenvalue weighted by atomic mass is 19.1. The Hall–Kier alpha value is -2.14. The molecule has 23 heavy (non-hydrogen) atoms. The van der Waals surface area contributed by atoms with Gasteiger partial charge in [0.15, 0.2) is 0 Å². The van der Waals surface area contributed by atoms with Gasteiger partial charge in [0, 0.05) is 50.2 Å². The molecular weight excluding hydrogens is 295 g/mol. The molecule has 2 aromatic rings. The lowest BCUT2D eigenvalue weighted by molar-refractivity contribution is -0.000855. The van der Waals surface area contributed by atoms with E-state index in [2.05, 4.69) is 11.9 Å². The van der Waals surface area contributed by atoms with E-state index in [9.17, 15) is 9.18 Å². The highest BCUT2D eigenvalue weighted by Crippen LogP contribution is 2.35. The fraction of sp³-hybridized carbons (Fsp3) is 0.389. The number of hydrogen-bond acceptors (Lipinski definition) is 2. The number of amides is 1. The molecule has 0 aliphatic carbocycles. The van der Waals surface area contributed by atoms with Crippen LogP contribution in [0.15, 0.2) is 36.7 Å². The number of ether oxygens (including phenoxy) is 1. The van der Waals surface area contributed by atoms with Crippen LogP contribution in [0.25, 0.3) is 11.1 Å². The summed E-state index contributed by atoms with van der Waals surface area (Å²) < 4.78 is 18.2. The Balaban J connectivity index is 1.73. The predicted octanol–water partition coefficient (Wildman–Crippen LogP) is 3.32. The van der Waals surface area contributed by atoms with E-state index >= 15 is 0 Å². The van der Waals surface area contributed by atoms with Gasteiger partial charge in [0.25, 0.3) is 5.91 Å². The van der Waals surface area contributed by atoms with E-state index in [1.54, 1.807) is 31.6 Å². The van der Waals surface area contributed by atoms with Crippen molar-refractivity contribution in [3.8, 4) is 11.1 Å². The maximum absolute atomic E-state index is 13.1. The molecule has 1 aliphatic rings. The second-order valence-corrected chi connectivity index (χ2v) is 6.50. The summed E-state index contributed by atoms with van der Waals surface area (Å²) in [6.07, 6.45) is 4.45. The van der Waals surface area contributed by atoms with Crippen LogP contribution in [0.4, 0.5) is 4.39 Å². The summed E-state index contributed by atoms with van der Waals surface area (Å²) in [5.41, 5.74) is 2.41. The molecule has 0 unspecified atom stereocenters. The van der Waals surface area contributed by atoms with Gasteiger partial charge in [-0.15, -0.1) is 0 Å². The summed E-state index contributed by atoms with van der Waals surface area (Å²) in [7, 11) is 1.69. The zero-order valence-corrected chi connectivity index (χ0v) is 13.4. The van der Waals surface area contributed by atoms with Crippen molar-refractivity contribution in [3.05, 3.63) is 48.0 Å². The first-order chi connectivity index (χ1) is 11.0. The predicted molar refractivity (Wildman–Crippen MR) is 86.7 cm³/mol. The molecule has 1 fully saturated rings. The van der Waals surface area contributed by atoms with Crippen molar-refractivity contribution in [2.45, 2.75) is 13.3 Å². The average Bonchev–Trinajstić information content (AvgIpc) is 3.00. The number of methoxy groups -OCH3 is 1. The lowest BCUT2D eigenvalue weighted by atomic mass is 9.78. The van der Waals surface area contributed by atoms with Crippen molar-refractivity contribution in [1.82, 2.24) is 9.88 Å². The first kappa shape index (κ1) is 15.7. The van der Waals surface area contributed by atoms with Crippen LogP contribution in [-0.4, -0.2) is 42.6 Å². The summed E-state index contributed by atoms with van der Waals surface area (Å²) in [6.45, 7) is 4.36. The minimum Gasteiger partial charge on any atom is -0.385 e. The van der Waals surface area contributed by atoms with Crippen LogP contribution >= 0.6 is 0 Å². The number of aromatic amines is 1. The Bertz CT molecular complexity index is 687. The van der Waals surface area contributed by atoms with Crippen LogP contribution in [0.1, 0.15) is 23.7 Å². The molecule has 3 rings (SSSR count). The topological polar surface area (TPSA) is 45.3 Å². The van der Waals surface area contributed by atoms with E-state index < -0.39 is 0 Å². The maximum Gasteiger partial charge on any atom is 0.256 e. The third kappa shape index (κ3) is 3.15. The molecule has 1 N–H and O–H groups in total. The first-order valence-electron chi connectivity index (χ1n) is 7.73. The number of likely N-dealkylation sites (tertiary alicyclic amines) is 1. The van der Waals surface area contributed by atoms with E-state index in [4.69, 9.17) is 4.74 Å². The monoisotopic (exact) mass is 316 g/mol. The summed E-state index contributed by atoms with van der Waals surface area (Å²) in [4.78, 5) is 17.6. The number of rotatable bonds is 5. The van der Waals surface area contributed by atoms with Crippen molar-refractivity contribution < 1.29 is 13.9 Å². The van der Waals surface area contributed by atoms with Gasteiger partial charge >= 0.3 is 0 Å². The summed E-state index contributed by atoms with van der Waals surface area (Å²) in [5.74, 6) is -0.269. The van der Waals surface area contributed by atoms with Gasteiger partial charge in [-0.3, -0.25) is 4.79 Å². The van der Waals surface area contributed by atoms with Crippen LogP contribution < -0.4 is 0 Å². The van der Waals surface area contributed by atoms with Gasteiger partial charge in [0.2, 0.25) is 0 Å². The van der Waals surface area contributed by atoms with Gasteiger partial charge in [-0.05, 0) is 24.1 Å². The Morgan fingerprint density at radius 2 is 2.00 bits per heavy atom. The molecule has 0 atom stereocenters. The number of H-pyrrole nitrogens is 1. The normalized spacial score (nSPS) is 16.2.